The van der Waals surface area contributed by atoms with E-state index in [1.165, 1.54) is 37.0 Å². The molecule has 1 atom stereocenters. The highest BCUT2D eigenvalue weighted by Gasteiger charge is 2.21. The van der Waals surface area contributed by atoms with Gasteiger partial charge in [-0.15, -0.1) is 11.3 Å². The molecule has 0 aromatic carbocycles. The van der Waals surface area contributed by atoms with Crippen LogP contribution in [-0.4, -0.2) is 17.8 Å². The summed E-state index contributed by atoms with van der Waals surface area (Å²) in [4.78, 5) is 1.10. The molecule has 0 radical (unpaired) electrons. The molecule has 16 heavy (non-hydrogen) atoms. The minimum atomic E-state index is 0.0249. The van der Waals surface area contributed by atoms with Crippen LogP contribution in [0, 0.1) is 0 Å². The Bertz CT molecular complexity index is 332. The van der Waals surface area contributed by atoms with Crippen LogP contribution < -0.4 is 5.32 Å². The Kier molecular flexibility index (Phi) is 4.67. The van der Waals surface area contributed by atoms with Crippen LogP contribution >= 0.6 is 38.9 Å². The van der Waals surface area contributed by atoms with E-state index in [1.54, 1.807) is 0 Å². The summed E-state index contributed by atoms with van der Waals surface area (Å²) in [7, 11) is 0. The van der Waals surface area contributed by atoms with Crippen molar-refractivity contribution in [2.24, 2.45) is 0 Å². The van der Waals surface area contributed by atoms with Crippen molar-refractivity contribution < 1.29 is 5.11 Å². The average molecular weight is 325 g/mol. The Labute approximate surface area is 113 Å². The van der Waals surface area contributed by atoms with Gasteiger partial charge in [0.1, 0.15) is 4.34 Å². The van der Waals surface area contributed by atoms with Gasteiger partial charge >= 0.3 is 0 Å². The van der Waals surface area contributed by atoms with Crippen LogP contribution in [0.4, 0.5) is 0 Å². The van der Waals surface area contributed by atoms with Crippen molar-refractivity contribution in [1.82, 2.24) is 5.32 Å². The van der Waals surface area contributed by atoms with Gasteiger partial charge in [0.05, 0.1) is 12.6 Å². The van der Waals surface area contributed by atoms with Crippen LogP contribution in [0.5, 0.6) is 0 Å². The Hall–Kier alpha value is 0.390. The first-order valence-electron chi connectivity index (χ1n) is 5.52. The number of aliphatic hydroxyl groups excluding tert-OH is 1. The van der Waals surface area contributed by atoms with Crippen molar-refractivity contribution in [3.8, 4) is 0 Å². The second-order valence-corrected chi connectivity index (χ2v) is 6.69. The van der Waals surface area contributed by atoms with Crippen molar-refractivity contribution in [3.63, 3.8) is 0 Å². The van der Waals surface area contributed by atoms with Crippen LogP contribution in [0.3, 0.4) is 0 Å². The lowest BCUT2D eigenvalue weighted by Gasteiger charge is -2.19. The zero-order chi connectivity index (χ0) is 11.5. The molecular formula is C11H15BrClNOS. The molecule has 2 rings (SSSR count). The summed E-state index contributed by atoms with van der Waals surface area (Å²) in [5, 5.41) is 12.9. The number of aliphatic hydroxyl groups is 1. The topological polar surface area (TPSA) is 32.3 Å². The molecule has 1 aliphatic rings. The molecule has 2 N–H and O–H groups in total. The zero-order valence-electron chi connectivity index (χ0n) is 8.88. The maximum atomic E-state index is 9.43. The van der Waals surface area contributed by atoms with E-state index < -0.39 is 0 Å². The molecule has 1 unspecified atom stereocenters. The van der Waals surface area contributed by atoms with Crippen LogP contribution in [0.2, 0.25) is 4.34 Å². The monoisotopic (exact) mass is 323 g/mol. The molecule has 1 saturated carbocycles. The first-order chi connectivity index (χ1) is 7.70. The number of hydrogen-bond acceptors (Lipinski definition) is 3. The molecule has 1 fully saturated rings. The average Bonchev–Trinajstić information content (AvgIpc) is 2.86. The second kappa shape index (κ2) is 5.83. The van der Waals surface area contributed by atoms with E-state index in [4.69, 9.17) is 11.6 Å². The smallest absolute Gasteiger partial charge is 0.107 e. The van der Waals surface area contributed by atoms with Crippen LogP contribution in [-0.2, 0) is 0 Å². The number of halogens is 2. The molecular weight excluding hydrogens is 310 g/mol. The lowest BCUT2D eigenvalue weighted by molar-refractivity contribution is 0.235. The first kappa shape index (κ1) is 12.8. The molecule has 5 heteroatoms. The van der Waals surface area contributed by atoms with Gasteiger partial charge in [-0.2, -0.15) is 0 Å². The van der Waals surface area contributed by atoms with Gasteiger partial charge in [0.15, 0.2) is 0 Å². The molecule has 0 saturated heterocycles. The molecule has 0 amide bonds. The third-order valence-corrected chi connectivity index (χ3v) is 5.57. The Morgan fingerprint density at radius 1 is 1.56 bits per heavy atom. The van der Waals surface area contributed by atoms with Crippen LogP contribution in [0.1, 0.15) is 36.6 Å². The quantitative estimate of drug-likeness (QED) is 0.884. The Morgan fingerprint density at radius 2 is 2.25 bits per heavy atom. The summed E-state index contributed by atoms with van der Waals surface area (Å²) in [5.74, 6) is 0. The maximum absolute atomic E-state index is 9.43. The zero-order valence-corrected chi connectivity index (χ0v) is 12.0. The fourth-order valence-corrected chi connectivity index (χ4v) is 3.92. The lowest BCUT2D eigenvalue weighted by atomic mass is 10.2. The van der Waals surface area contributed by atoms with Gasteiger partial charge in [-0.3, -0.25) is 0 Å². The van der Waals surface area contributed by atoms with Gasteiger partial charge in [-0.1, -0.05) is 24.4 Å². The molecule has 90 valence electrons. The fourth-order valence-electron chi connectivity index (χ4n) is 2.14. The first-order valence-corrected chi connectivity index (χ1v) is 7.51. The minimum absolute atomic E-state index is 0.0249. The van der Waals surface area contributed by atoms with Gasteiger partial charge < -0.3 is 10.4 Å². The molecule has 1 aromatic rings. The van der Waals surface area contributed by atoms with Crippen molar-refractivity contribution in [1.29, 1.82) is 0 Å². The second-order valence-electron chi connectivity index (χ2n) is 4.15. The van der Waals surface area contributed by atoms with E-state index >= 15 is 0 Å². The third-order valence-electron chi connectivity index (χ3n) is 2.98. The number of rotatable bonds is 4. The van der Waals surface area contributed by atoms with E-state index in [0.717, 1.165) is 13.7 Å². The van der Waals surface area contributed by atoms with Gasteiger partial charge in [-0.05, 0) is 34.8 Å². The molecule has 1 heterocycles. The Morgan fingerprint density at radius 3 is 2.75 bits per heavy atom. The Balaban J connectivity index is 2.03. The maximum Gasteiger partial charge on any atom is 0.107 e. The van der Waals surface area contributed by atoms with E-state index in [9.17, 15) is 5.11 Å². The summed E-state index contributed by atoms with van der Waals surface area (Å²) >= 11 is 10.9. The van der Waals surface area contributed by atoms with E-state index in [0.29, 0.717) is 6.04 Å². The fraction of sp³-hybridized carbons (Fsp3) is 0.636. The minimum Gasteiger partial charge on any atom is -0.394 e. The number of nitrogens with one attached hydrogen (secondary N) is 1. The van der Waals surface area contributed by atoms with Crippen molar-refractivity contribution in [2.45, 2.75) is 37.8 Å². The molecule has 0 spiro atoms. The predicted octanol–water partition coefficient (Wildman–Crippen LogP) is 3.73. The standard InChI is InChI=1S/C11H15BrClNOS/c12-8-5-10(16-11(8)13)9(6-15)14-7-3-1-2-4-7/h5,7,9,14-15H,1-4,6H2. The molecule has 0 bridgehead atoms. The summed E-state index contributed by atoms with van der Waals surface area (Å²) < 4.78 is 1.67. The highest BCUT2D eigenvalue weighted by Crippen LogP contribution is 2.35. The highest BCUT2D eigenvalue weighted by atomic mass is 79.9. The normalized spacial score (nSPS) is 19.2. The van der Waals surface area contributed by atoms with E-state index in [2.05, 4.69) is 21.2 Å². The van der Waals surface area contributed by atoms with E-state index in [1.807, 2.05) is 6.07 Å². The summed E-state index contributed by atoms with van der Waals surface area (Å²) in [5.41, 5.74) is 0. The SMILES string of the molecule is OCC(NC1CCCC1)c1cc(Br)c(Cl)s1. The van der Waals surface area contributed by atoms with Crippen LogP contribution in [0.25, 0.3) is 0 Å². The van der Waals surface area contributed by atoms with Crippen molar-refractivity contribution in [2.75, 3.05) is 6.61 Å². The predicted molar refractivity (Wildman–Crippen MR) is 72.2 cm³/mol. The highest BCUT2D eigenvalue weighted by molar-refractivity contribution is 9.10. The number of thiophene rings is 1. The van der Waals surface area contributed by atoms with Crippen molar-refractivity contribution in [3.05, 3.63) is 19.8 Å². The summed E-state index contributed by atoms with van der Waals surface area (Å²) in [6.45, 7) is 0.125. The van der Waals surface area contributed by atoms with E-state index in [-0.39, 0.29) is 12.6 Å². The largest absolute Gasteiger partial charge is 0.394 e. The lowest BCUT2D eigenvalue weighted by Crippen LogP contribution is -2.32. The molecule has 0 aliphatic heterocycles. The molecule has 1 aromatic heterocycles. The third kappa shape index (κ3) is 2.99. The summed E-state index contributed by atoms with van der Waals surface area (Å²) in [6.07, 6.45) is 5.03. The molecule has 1 aliphatic carbocycles. The van der Waals surface area contributed by atoms with Gasteiger partial charge in [0, 0.05) is 15.4 Å². The van der Waals surface area contributed by atoms with Gasteiger partial charge in [-0.25, -0.2) is 0 Å². The molecule has 2 nitrogen and oxygen atoms in total. The van der Waals surface area contributed by atoms with Gasteiger partial charge in [0.25, 0.3) is 0 Å². The number of hydrogen-bond donors (Lipinski definition) is 2. The summed E-state index contributed by atoms with van der Waals surface area (Å²) in [6, 6.07) is 2.57. The van der Waals surface area contributed by atoms with Gasteiger partial charge in [0.2, 0.25) is 0 Å². The van der Waals surface area contributed by atoms with Crippen LogP contribution in [0.15, 0.2) is 10.5 Å². The van der Waals surface area contributed by atoms with Crippen molar-refractivity contribution >= 4 is 38.9 Å².